The standard InChI is InChI=1S/C24H27N5OS/c1-5-13-29-23(18(4)30-21-11-9-19(10-12-21)17(2)3)26-27-24(29)31-16-20-15-28-14-7-6-8-22(28)25-20/h5-12,14-15,17-18H,1,13,16H2,2-4H3. The highest BCUT2D eigenvalue weighted by Crippen LogP contribution is 2.27. The molecule has 0 amide bonds. The number of fused-ring (bicyclic) bond motifs is 1. The number of aromatic nitrogens is 5. The van der Waals surface area contributed by atoms with E-state index in [1.807, 2.05) is 60.1 Å². The smallest absolute Gasteiger partial charge is 0.192 e. The van der Waals surface area contributed by atoms with Gasteiger partial charge in [0.15, 0.2) is 17.1 Å². The van der Waals surface area contributed by atoms with Gasteiger partial charge < -0.3 is 9.14 Å². The topological polar surface area (TPSA) is 57.2 Å². The van der Waals surface area contributed by atoms with E-state index in [9.17, 15) is 0 Å². The molecule has 3 heterocycles. The molecule has 1 atom stereocenters. The quantitative estimate of drug-likeness (QED) is 0.251. The predicted molar refractivity (Wildman–Crippen MR) is 125 cm³/mol. The first-order valence-electron chi connectivity index (χ1n) is 10.4. The Morgan fingerprint density at radius 1 is 1.10 bits per heavy atom. The van der Waals surface area contributed by atoms with Crippen molar-refractivity contribution in [3.8, 4) is 5.75 Å². The highest BCUT2D eigenvalue weighted by Gasteiger charge is 2.19. The molecule has 31 heavy (non-hydrogen) atoms. The molecule has 1 aromatic carbocycles. The fourth-order valence-corrected chi connectivity index (χ4v) is 4.23. The van der Waals surface area contributed by atoms with E-state index in [2.05, 4.69) is 52.3 Å². The van der Waals surface area contributed by atoms with Crippen LogP contribution in [-0.2, 0) is 12.3 Å². The summed E-state index contributed by atoms with van der Waals surface area (Å²) in [4.78, 5) is 4.66. The maximum absolute atomic E-state index is 6.16. The molecule has 160 valence electrons. The number of benzene rings is 1. The Bertz CT molecular complexity index is 1130. The summed E-state index contributed by atoms with van der Waals surface area (Å²) in [6, 6.07) is 14.2. The second kappa shape index (κ2) is 9.39. The van der Waals surface area contributed by atoms with Gasteiger partial charge in [0.05, 0.1) is 5.69 Å². The number of nitrogens with zero attached hydrogens (tertiary/aromatic N) is 5. The van der Waals surface area contributed by atoms with Crippen molar-refractivity contribution in [3.63, 3.8) is 0 Å². The van der Waals surface area contributed by atoms with E-state index in [4.69, 9.17) is 4.74 Å². The third-order valence-electron chi connectivity index (χ3n) is 5.04. The minimum Gasteiger partial charge on any atom is -0.483 e. The summed E-state index contributed by atoms with van der Waals surface area (Å²) in [5.41, 5.74) is 3.23. The minimum atomic E-state index is -0.234. The van der Waals surface area contributed by atoms with E-state index in [0.717, 1.165) is 28.1 Å². The second-order valence-electron chi connectivity index (χ2n) is 7.71. The van der Waals surface area contributed by atoms with Gasteiger partial charge in [-0.2, -0.15) is 0 Å². The summed E-state index contributed by atoms with van der Waals surface area (Å²) in [5.74, 6) is 2.81. The van der Waals surface area contributed by atoms with Crippen molar-refractivity contribution in [3.05, 3.63) is 84.6 Å². The molecule has 0 aliphatic heterocycles. The Labute approximate surface area is 187 Å². The van der Waals surface area contributed by atoms with Crippen molar-refractivity contribution >= 4 is 17.4 Å². The number of pyridine rings is 1. The van der Waals surface area contributed by atoms with Crippen LogP contribution in [0.25, 0.3) is 5.65 Å². The lowest BCUT2D eigenvalue weighted by atomic mass is 10.0. The van der Waals surface area contributed by atoms with Gasteiger partial charge in [0, 0.05) is 24.7 Å². The largest absolute Gasteiger partial charge is 0.483 e. The second-order valence-corrected chi connectivity index (χ2v) is 8.65. The van der Waals surface area contributed by atoms with Crippen LogP contribution in [0.3, 0.4) is 0 Å². The van der Waals surface area contributed by atoms with Gasteiger partial charge in [-0.05, 0) is 42.7 Å². The number of ether oxygens (including phenoxy) is 1. The number of hydrogen-bond acceptors (Lipinski definition) is 5. The molecule has 0 aliphatic rings. The fourth-order valence-electron chi connectivity index (χ4n) is 3.39. The highest BCUT2D eigenvalue weighted by molar-refractivity contribution is 7.98. The van der Waals surface area contributed by atoms with E-state index >= 15 is 0 Å². The zero-order valence-corrected chi connectivity index (χ0v) is 18.9. The molecule has 0 aliphatic carbocycles. The Morgan fingerprint density at radius 3 is 2.61 bits per heavy atom. The predicted octanol–water partition coefficient (Wildman–Crippen LogP) is 5.67. The molecular formula is C24H27N5OS. The molecule has 0 spiro atoms. The molecule has 0 bridgehead atoms. The summed E-state index contributed by atoms with van der Waals surface area (Å²) in [5, 5.41) is 9.67. The summed E-state index contributed by atoms with van der Waals surface area (Å²) in [7, 11) is 0. The van der Waals surface area contributed by atoms with Crippen molar-refractivity contribution in [2.45, 2.75) is 50.2 Å². The van der Waals surface area contributed by atoms with Crippen molar-refractivity contribution in [1.29, 1.82) is 0 Å². The monoisotopic (exact) mass is 433 g/mol. The van der Waals surface area contributed by atoms with E-state index in [1.165, 1.54) is 5.56 Å². The molecular weight excluding hydrogens is 406 g/mol. The van der Waals surface area contributed by atoms with E-state index in [-0.39, 0.29) is 6.10 Å². The van der Waals surface area contributed by atoms with Crippen molar-refractivity contribution in [2.24, 2.45) is 0 Å². The minimum absolute atomic E-state index is 0.234. The molecule has 7 heteroatoms. The Morgan fingerprint density at radius 2 is 1.90 bits per heavy atom. The van der Waals surface area contributed by atoms with Crippen LogP contribution < -0.4 is 4.74 Å². The molecule has 0 saturated heterocycles. The van der Waals surface area contributed by atoms with Gasteiger partial charge in [-0.15, -0.1) is 16.8 Å². The van der Waals surface area contributed by atoms with Crippen LogP contribution in [0.1, 0.15) is 49.9 Å². The molecule has 1 unspecified atom stereocenters. The molecule has 0 N–H and O–H groups in total. The number of rotatable bonds is 9. The Balaban J connectivity index is 1.48. The van der Waals surface area contributed by atoms with Crippen molar-refractivity contribution < 1.29 is 4.74 Å². The average molecular weight is 434 g/mol. The Hall–Kier alpha value is -3.06. The van der Waals surface area contributed by atoms with Gasteiger partial charge in [-0.25, -0.2) is 4.98 Å². The number of allylic oxidation sites excluding steroid dienone is 1. The van der Waals surface area contributed by atoms with Gasteiger partial charge >= 0.3 is 0 Å². The van der Waals surface area contributed by atoms with Crippen molar-refractivity contribution in [1.82, 2.24) is 24.1 Å². The summed E-state index contributed by atoms with van der Waals surface area (Å²) in [6.07, 6.45) is 5.67. The third-order valence-corrected chi connectivity index (χ3v) is 6.04. The van der Waals surface area contributed by atoms with Gasteiger partial charge in [0.2, 0.25) is 0 Å². The van der Waals surface area contributed by atoms with Crippen LogP contribution in [0.2, 0.25) is 0 Å². The van der Waals surface area contributed by atoms with Crippen LogP contribution in [-0.4, -0.2) is 24.1 Å². The molecule has 0 fully saturated rings. The van der Waals surface area contributed by atoms with Crippen LogP contribution in [0.15, 0.2) is 72.7 Å². The fraction of sp³-hybridized carbons (Fsp3) is 0.292. The SMILES string of the molecule is C=CCn1c(SCc2cn3ccccc3n2)nnc1C(C)Oc1ccc(C(C)C)cc1. The van der Waals surface area contributed by atoms with Crippen LogP contribution in [0.5, 0.6) is 5.75 Å². The molecule has 3 aromatic heterocycles. The van der Waals surface area contributed by atoms with Gasteiger partial charge in [0.25, 0.3) is 0 Å². The zero-order valence-electron chi connectivity index (χ0n) is 18.1. The first-order chi connectivity index (χ1) is 15.0. The van der Waals surface area contributed by atoms with E-state index in [1.54, 1.807) is 11.8 Å². The van der Waals surface area contributed by atoms with Gasteiger partial charge in [-0.1, -0.05) is 49.9 Å². The lowest BCUT2D eigenvalue weighted by Gasteiger charge is -2.16. The average Bonchev–Trinajstić information content (AvgIpc) is 3.36. The molecule has 6 nitrogen and oxygen atoms in total. The Kier molecular flexibility index (Phi) is 6.42. The first-order valence-corrected chi connectivity index (χ1v) is 11.4. The highest BCUT2D eigenvalue weighted by atomic mass is 32.2. The summed E-state index contributed by atoms with van der Waals surface area (Å²) in [6.45, 7) is 10.9. The normalized spacial score (nSPS) is 12.4. The maximum atomic E-state index is 6.16. The van der Waals surface area contributed by atoms with Gasteiger partial charge in [0.1, 0.15) is 11.4 Å². The lowest BCUT2D eigenvalue weighted by Crippen LogP contribution is -2.12. The molecule has 0 radical (unpaired) electrons. The zero-order chi connectivity index (χ0) is 21.8. The maximum Gasteiger partial charge on any atom is 0.192 e. The van der Waals surface area contributed by atoms with Crippen LogP contribution >= 0.6 is 11.8 Å². The van der Waals surface area contributed by atoms with Crippen LogP contribution in [0.4, 0.5) is 0 Å². The lowest BCUT2D eigenvalue weighted by molar-refractivity contribution is 0.210. The number of hydrogen-bond donors (Lipinski definition) is 0. The van der Waals surface area contributed by atoms with E-state index in [0.29, 0.717) is 18.2 Å². The summed E-state index contributed by atoms with van der Waals surface area (Å²) >= 11 is 1.62. The van der Waals surface area contributed by atoms with E-state index < -0.39 is 0 Å². The van der Waals surface area contributed by atoms with Crippen molar-refractivity contribution in [2.75, 3.05) is 0 Å². The molecule has 4 rings (SSSR count). The van der Waals surface area contributed by atoms with Gasteiger partial charge in [-0.3, -0.25) is 4.57 Å². The molecule has 0 saturated carbocycles. The number of thioether (sulfide) groups is 1. The molecule has 4 aromatic rings. The number of imidazole rings is 1. The van der Waals surface area contributed by atoms with Crippen LogP contribution in [0, 0.1) is 0 Å². The third kappa shape index (κ3) is 4.82. The first kappa shape index (κ1) is 21.2. The summed E-state index contributed by atoms with van der Waals surface area (Å²) < 4.78 is 10.2.